The summed E-state index contributed by atoms with van der Waals surface area (Å²) in [5.41, 5.74) is 1.38. The molecule has 104 valence electrons. The summed E-state index contributed by atoms with van der Waals surface area (Å²) >= 11 is 0. The molecule has 2 heterocycles. The van der Waals surface area contributed by atoms with Crippen LogP contribution in [0.4, 0.5) is 0 Å². The van der Waals surface area contributed by atoms with E-state index < -0.39 is 5.97 Å². The van der Waals surface area contributed by atoms with Gasteiger partial charge in [0.2, 0.25) is 0 Å². The summed E-state index contributed by atoms with van der Waals surface area (Å²) in [4.78, 5) is 27.2. The SMILES string of the molecule is O=C(O)c1ccc(=O)n(Cc2ccc3ccccc3n2)c1. The van der Waals surface area contributed by atoms with Gasteiger partial charge in [-0.25, -0.2) is 4.79 Å². The van der Waals surface area contributed by atoms with Crippen LogP contribution in [0.1, 0.15) is 16.1 Å². The highest BCUT2D eigenvalue weighted by Crippen LogP contribution is 2.12. The molecule has 0 fully saturated rings. The highest BCUT2D eigenvalue weighted by Gasteiger charge is 2.06. The molecule has 2 aromatic heterocycles. The Balaban J connectivity index is 2.00. The second-order valence-electron chi connectivity index (χ2n) is 4.68. The highest BCUT2D eigenvalue weighted by atomic mass is 16.4. The fourth-order valence-electron chi connectivity index (χ4n) is 2.15. The number of aromatic nitrogens is 2. The monoisotopic (exact) mass is 280 g/mol. The molecule has 0 bridgehead atoms. The largest absolute Gasteiger partial charge is 0.478 e. The zero-order valence-corrected chi connectivity index (χ0v) is 11.1. The third kappa shape index (κ3) is 2.67. The van der Waals surface area contributed by atoms with Crippen molar-refractivity contribution in [3.05, 3.63) is 76.3 Å². The number of hydrogen-bond donors (Lipinski definition) is 1. The van der Waals surface area contributed by atoms with Gasteiger partial charge in [0, 0.05) is 17.6 Å². The van der Waals surface area contributed by atoms with E-state index in [4.69, 9.17) is 5.11 Å². The first-order chi connectivity index (χ1) is 10.1. The quantitative estimate of drug-likeness (QED) is 0.797. The van der Waals surface area contributed by atoms with E-state index in [-0.39, 0.29) is 17.7 Å². The van der Waals surface area contributed by atoms with Gasteiger partial charge in [-0.2, -0.15) is 0 Å². The van der Waals surface area contributed by atoms with Gasteiger partial charge in [-0.3, -0.25) is 9.78 Å². The van der Waals surface area contributed by atoms with E-state index in [1.165, 1.54) is 22.9 Å². The Hall–Kier alpha value is -2.95. The van der Waals surface area contributed by atoms with Crippen LogP contribution in [0, 0.1) is 0 Å². The van der Waals surface area contributed by atoms with Crippen LogP contribution in [0.15, 0.2) is 59.5 Å². The van der Waals surface area contributed by atoms with Crippen LogP contribution in [0.5, 0.6) is 0 Å². The van der Waals surface area contributed by atoms with Crippen LogP contribution in [-0.4, -0.2) is 20.6 Å². The smallest absolute Gasteiger partial charge is 0.337 e. The lowest BCUT2D eigenvalue weighted by molar-refractivity contribution is 0.0696. The first-order valence-corrected chi connectivity index (χ1v) is 6.42. The van der Waals surface area contributed by atoms with E-state index in [2.05, 4.69) is 4.98 Å². The number of rotatable bonds is 3. The molecule has 5 heteroatoms. The van der Waals surface area contributed by atoms with E-state index in [9.17, 15) is 9.59 Å². The first-order valence-electron chi connectivity index (χ1n) is 6.42. The molecule has 0 amide bonds. The molecule has 21 heavy (non-hydrogen) atoms. The summed E-state index contributed by atoms with van der Waals surface area (Å²) in [7, 11) is 0. The van der Waals surface area contributed by atoms with Gasteiger partial charge in [-0.1, -0.05) is 24.3 Å². The van der Waals surface area contributed by atoms with E-state index in [1.807, 2.05) is 36.4 Å². The maximum Gasteiger partial charge on any atom is 0.337 e. The molecular weight excluding hydrogens is 268 g/mol. The minimum absolute atomic E-state index is 0.0791. The standard InChI is InChI=1S/C16H12N2O3/c19-15-8-6-12(16(20)21)9-18(15)10-13-7-5-11-3-1-2-4-14(11)17-13/h1-9H,10H2,(H,20,21). The molecule has 5 nitrogen and oxygen atoms in total. The number of benzene rings is 1. The molecule has 0 radical (unpaired) electrons. The maximum absolute atomic E-state index is 11.8. The van der Waals surface area contributed by atoms with E-state index in [1.54, 1.807) is 0 Å². The summed E-state index contributed by atoms with van der Waals surface area (Å²) in [5, 5.41) is 10.00. The van der Waals surface area contributed by atoms with Crippen LogP contribution in [0.25, 0.3) is 10.9 Å². The number of hydrogen-bond acceptors (Lipinski definition) is 3. The van der Waals surface area contributed by atoms with Crippen LogP contribution >= 0.6 is 0 Å². The van der Waals surface area contributed by atoms with E-state index in [0.717, 1.165) is 10.9 Å². The van der Waals surface area contributed by atoms with Crippen LogP contribution in [0.2, 0.25) is 0 Å². The van der Waals surface area contributed by atoms with Gasteiger partial charge in [-0.05, 0) is 18.2 Å². The van der Waals surface area contributed by atoms with Gasteiger partial charge in [0.15, 0.2) is 0 Å². The molecule has 0 atom stereocenters. The molecule has 0 aliphatic carbocycles. The lowest BCUT2D eigenvalue weighted by Gasteiger charge is -2.07. The molecule has 0 saturated carbocycles. The Morgan fingerprint density at radius 1 is 1.10 bits per heavy atom. The van der Waals surface area contributed by atoms with Crippen molar-refractivity contribution < 1.29 is 9.90 Å². The molecule has 0 spiro atoms. The Morgan fingerprint density at radius 3 is 2.71 bits per heavy atom. The summed E-state index contributed by atoms with van der Waals surface area (Å²) in [5.74, 6) is -1.06. The second-order valence-corrected chi connectivity index (χ2v) is 4.68. The van der Waals surface area contributed by atoms with E-state index in [0.29, 0.717) is 5.69 Å². The van der Waals surface area contributed by atoms with Crippen molar-refractivity contribution in [2.45, 2.75) is 6.54 Å². The minimum Gasteiger partial charge on any atom is -0.478 e. The number of nitrogens with zero attached hydrogens (tertiary/aromatic N) is 2. The predicted molar refractivity (Wildman–Crippen MR) is 78.5 cm³/mol. The van der Waals surface area contributed by atoms with Crippen molar-refractivity contribution in [3.8, 4) is 0 Å². The van der Waals surface area contributed by atoms with E-state index >= 15 is 0 Å². The summed E-state index contributed by atoms with van der Waals surface area (Å²) in [6, 6.07) is 14.0. The second kappa shape index (κ2) is 5.20. The first kappa shape index (κ1) is 13.1. The van der Waals surface area contributed by atoms with Crippen molar-refractivity contribution in [1.29, 1.82) is 0 Å². The molecule has 3 aromatic rings. The minimum atomic E-state index is -1.06. The molecule has 0 saturated heterocycles. The number of carboxylic acids is 1. The van der Waals surface area contributed by atoms with Crippen molar-refractivity contribution in [3.63, 3.8) is 0 Å². The van der Waals surface area contributed by atoms with Crippen LogP contribution < -0.4 is 5.56 Å². The molecule has 0 aliphatic heterocycles. The Morgan fingerprint density at radius 2 is 1.90 bits per heavy atom. The maximum atomic E-state index is 11.8. The molecule has 0 unspecified atom stereocenters. The number of para-hydroxylation sites is 1. The summed E-state index contributed by atoms with van der Waals surface area (Å²) in [6.07, 6.45) is 1.33. The van der Waals surface area contributed by atoms with Crippen molar-refractivity contribution in [2.24, 2.45) is 0 Å². The van der Waals surface area contributed by atoms with Gasteiger partial charge in [-0.15, -0.1) is 0 Å². The topological polar surface area (TPSA) is 72.2 Å². The molecule has 1 aromatic carbocycles. The van der Waals surface area contributed by atoms with Gasteiger partial charge in [0.1, 0.15) is 0 Å². The van der Waals surface area contributed by atoms with Crippen molar-refractivity contribution in [1.82, 2.24) is 9.55 Å². The number of aromatic carboxylic acids is 1. The third-order valence-corrected chi connectivity index (χ3v) is 3.22. The average Bonchev–Trinajstić information content (AvgIpc) is 2.49. The Bertz CT molecular complexity index is 884. The zero-order valence-electron chi connectivity index (χ0n) is 11.1. The zero-order chi connectivity index (χ0) is 14.8. The number of pyridine rings is 2. The predicted octanol–water partition coefficient (Wildman–Crippen LogP) is 2.14. The molecule has 1 N–H and O–H groups in total. The Kier molecular flexibility index (Phi) is 3.23. The average molecular weight is 280 g/mol. The van der Waals surface area contributed by atoms with Crippen LogP contribution in [-0.2, 0) is 6.54 Å². The fraction of sp³-hybridized carbons (Fsp3) is 0.0625. The van der Waals surface area contributed by atoms with Gasteiger partial charge in [0.05, 0.1) is 23.3 Å². The summed E-state index contributed by atoms with van der Waals surface area (Å²) < 4.78 is 1.35. The van der Waals surface area contributed by atoms with Crippen molar-refractivity contribution in [2.75, 3.05) is 0 Å². The number of carbonyl (C=O) groups is 1. The van der Waals surface area contributed by atoms with Crippen molar-refractivity contribution >= 4 is 16.9 Å². The molecular formula is C16H12N2O3. The highest BCUT2D eigenvalue weighted by molar-refractivity contribution is 5.87. The number of fused-ring (bicyclic) bond motifs is 1. The molecule has 3 rings (SSSR count). The number of carboxylic acid groups (broad SMARTS) is 1. The fourth-order valence-corrected chi connectivity index (χ4v) is 2.15. The van der Waals surface area contributed by atoms with Crippen LogP contribution in [0.3, 0.4) is 0 Å². The van der Waals surface area contributed by atoms with Gasteiger partial charge >= 0.3 is 5.97 Å². The lowest BCUT2D eigenvalue weighted by Crippen LogP contribution is -2.21. The lowest BCUT2D eigenvalue weighted by atomic mass is 10.2. The third-order valence-electron chi connectivity index (χ3n) is 3.22. The Labute approximate surface area is 120 Å². The van der Waals surface area contributed by atoms with Gasteiger partial charge in [0.25, 0.3) is 5.56 Å². The normalized spacial score (nSPS) is 10.7. The summed E-state index contributed by atoms with van der Waals surface area (Å²) in [6.45, 7) is 0.241. The molecule has 0 aliphatic rings. The van der Waals surface area contributed by atoms with Gasteiger partial charge < -0.3 is 9.67 Å².